The molecule has 19 heavy (non-hydrogen) atoms. The maximum atomic E-state index is 6.11. The van der Waals surface area contributed by atoms with Crippen LogP contribution in [0.4, 0.5) is 0 Å². The predicted octanol–water partition coefficient (Wildman–Crippen LogP) is 3.09. The molecule has 0 spiro atoms. The van der Waals surface area contributed by atoms with Gasteiger partial charge in [-0.05, 0) is 29.7 Å². The van der Waals surface area contributed by atoms with Gasteiger partial charge >= 0.3 is 0 Å². The van der Waals surface area contributed by atoms with Gasteiger partial charge in [-0.2, -0.15) is 0 Å². The molecule has 3 rings (SSSR count). The van der Waals surface area contributed by atoms with E-state index in [0.717, 1.165) is 19.5 Å². The highest BCUT2D eigenvalue weighted by Crippen LogP contribution is 2.24. The number of ether oxygens (including phenoxy) is 1. The van der Waals surface area contributed by atoms with Crippen LogP contribution in [0.25, 0.3) is 0 Å². The fourth-order valence-electron chi connectivity index (χ4n) is 2.56. The molecule has 0 aliphatic carbocycles. The van der Waals surface area contributed by atoms with Crippen LogP contribution >= 0.6 is 0 Å². The van der Waals surface area contributed by atoms with Crippen molar-refractivity contribution in [3.8, 4) is 0 Å². The van der Waals surface area contributed by atoms with Gasteiger partial charge in [0, 0.05) is 6.54 Å². The standard InChI is InChI=1S/C17H19NO/c1-2-6-14(7-3-1)13-19-17-12-18-11-10-15-8-4-5-9-16(15)17/h1-9,17-18H,10-13H2. The fourth-order valence-corrected chi connectivity index (χ4v) is 2.56. The molecule has 2 aromatic carbocycles. The minimum absolute atomic E-state index is 0.152. The van der Waals surface area contributed by atoms with Crippen molar-refractivity contribution >= 4 is 0 Å². The van der Waals surface area contributed by atoms with Crippen molar-refractivity contribution in [2.45, 2.75) is 19.1 Å². The molecule has 1 heterocycles. The lowest BCUT2D eigenvalue weighted by Gasteiger charge is -2.18. The van der Waals surface area contributed by atoms with Crippen molar-refractivity contribution in [1.82, 2.24) is 5.32 Å². The summed E-state index contributed by atoms with van der Waals surface area (Å²) in [6.45, 7) is 2.59. The fraction of sp³-hybridized carbons (Fsp3) is 0.294. The highest BCUT2D eigenvalue weighted by molar-refractivity contribution is 5.30. The number of fused-ring (bicyclic) bond motifs is 1. The molecule has 0 bridgehead atoms. The van der Waals surface area contributed by atoms with Crippen molar-refractivity contribution < 1.29 is 4.74 Å². The summed E-state index contributed by atoms with van der Waals surface area (Å²) in [6, 6.07) is 19.0. The van der Waals surface area contributed by atoms with Gasteiger partial charge in [-0.1, -0.05) is 54.6 Å². The van der Waals surface area contributed by atoms with E-state index in [4.69, 9.17) is 4.74 Å². The van der Waals surface area contributed by atoms with Gasteiger partial charge in [0.1, 0.15) is 0 Å². The molecular formula is C17H19NO. The maximum Gasteiger partial charge on any atom is 0.0956 e. The first kappa shape index (κ1) is 12.4. The zero-order valence-electron chi connectivity index (χ0n) is 11.0. The lowest BCUT2D eigenvalue weighted by molar-refractivity contribution is 0.0412. The number of hydrogen-bond acceptors (Lipinski definition) is 2. The Morgan fingerprint density at radius 2 is 1.79 bits per heavy atom. The summed E-state index contributed by atoms with van der Waals surface area (Å²) in [5.74, 6) is 0. The molecule has 0 aromatic heterocycles. The molecule has 1 atom stereocenters. The molecular weight excluding hydrogens is 234 g/mol. The van der Waals surface area contributed by atoms with Crippen LogP contribution in [0, 0.1) is 0 Å². The molecule has 1 N–H and O–H groups in total. The Morgan fingerprint density at radius 3 is 2.68 bits per heavy atom. The van der Waals surface area contributed by atoms with E-state index < -0.39 is 0 Å². The van der Waals surface area contributed by atoms with Crippen molar-refractivity contribution in [3.63, 3.8) is 0 Å². The van der Waals surface area contributed by atoms with Crippen LogP contribution in [0.2, 0.25) is 0 Å². The van der Waals surface area contributed by atoms with Crippen LogP contribution in [0.5, 0.6) is 0 Å². The number of benzene rings is 2. The maximum absolute atomic E-state index is 6.11. The first-order valence-electron chi connectivity index (χ1n) is 6.87. The largest absolute Gasteiger partial charge is 0.368 e. The second kappa shape index (κ2) is 6.00. The summed E-state index contributed by atoms with van der Waals surface area (Å²) in [7, 11) is 0. The first-order valence-corrected chi connectivity index (χ1v) is 6.87. The van der Waals surface area contributed by atoms with Crippen LogP contribution in [0.3, 0.4) is 0 Å². The third kappa shape index (κ3) is 3.03. The zero-order chi connectivity index (χ0) is 12.9. The summed E-state index contributed by atoms with van der Waals surface area (Å²) >= 11 is 0. The van der Waals surface area contributed by atoms with Gasteiger partial charge in [0.25, 0.3) is 0 Å². The predicted molar refractivity (Wildman–Crippen MR) is 77.0 cm³/mol. The zero-order valence-corrected chi connectivity index (χ0v) is 11.0. The van der Waals surface area contributed by atoms with Gasteiger partial charge in [-0.25, -0.2) is 0 Å². The van der Waals surface area contributed by atoms with Crippen LogP contribution < -0.4 is 5.32 Å². The normalized spacial score (nSPS) is 18.6. The molecule has 1 aliphatic heterocycles. The van der Waals surface area contributed by atoms with E-state index >= 15 is 0 Å². The summed E-state index contributed by atoms with van der Waals surface area (Å²) in [6.07, 6.45) is 1.24. The van der Waals surface area contributed by atoms with Crippen LogP contribution in [0.15, 0.2) is 54.6 Å². The van der Waals surface area contributed by atoms with E-state index in [9.17, 15) is 0 Å². The Balaban J connectivity index is 1.74. The molecule has 0 amide bonds. The molecule has 2 aromatic rings. The summed E-state index contributed by atoms with van der Waals surface area (Å²) in [4.78, 5) is 0. The molecule has 0 saturated carbocycles. The quantitative estimate of drug-likeness (QED) is 0.907. The van der Waals surface area contributed by atoms with Gasteiger partial charge in [-0.3, -0.25) is 0 Å². The molecule has 0 fully saturated rings. The van der Waals surface area contributed by atoms with Gasteiger partial charge in [0.2, 0.25) is 0 Å². The molecule has 0 radical (unpaired) electrons. The highest BCUT2D eigenvalue weighted by Gasteiger charge is 2.18. The summed E-state index contributed by atoms with van der Waals surface area (Å²) in [5.41, 5.74) is 3.97. The first-order chi connectivity index (χ1) is 9.43. The summed E-state index contributed by atoms with van der Waals surface area (Å²) in [5, 5.41) is 3.46. The number of rotatable bonds is 3. The smallest absolute Gasteiger partial charge is 0.0956 e. The second-order valence-electron chi connectivity index (χ2n) is 4.94. The molecule has 1 unspecified atom stereocenters. The Hall–Kier alpha value is -1.64. The highest BCUT2D eigenvalue weighted by atomic mass is 16.5. The SMILES string of the molecule is c1ccc(COC2CNCCc3ccccc32)cc1. The van der Waals surface area contributed by atoms with Crippen LogP contribution in [-0.2, 0) is 17.8 Å². The van der Waals surface area contributed by atoms with Crippen molar-refractivity contribution in [3.05, 3.63) is 71.3 Å². The third-order valence-electron chi connectivity index (χ3n) is 3.60. The minimum Gasteiger partial charge on any atom is -0.368 e. The van der Waals surface area contributed by atoms with Crippen LogP contribution in [0.1, 0.15) is 22.8 Å². The van der Waals surface area contributed by atoms with E-state index in [1.807, 2.05) is 6.07 Å². The lowest BCUT2D eigenvalue weighted by atomic mass is 10.0. The average molecular weight is 253 g/mol. The van der Waals surface area contributed by atoms with Gasteiger partial charge < -0.3 is 10.1 Å². The molecule has 2 heteroatoms. The number of hydrogen-bond donors (Lipinski definition) is 1. The molecule has 1 aliphatic rings. The van der Waals surface area contributed by atoms with E-state index in [2.05, 4.69) is 53.8 Å². The Labute approximate surface area is 114 Å². The van der Waals surface area contributed by atoms with Crippen molar-refractivity contribution in [2.75, 3.05) is 13.1 Å². The number of nitrogens with one attached hydrogen (secondary N) is 1. The Bertz CT molecular complexity index is 524. The topological polar surface area (TPSA) is 21.3 Å². The second-order valence-corrected chi connectivity index (χ2v) is 4.94. The van der Waals surface area contributed by atoms with Crippen molar-refractivity contribution in [2.24, 2.45) is 0 Å². The Kier molecular flexibility index (Phi) is 3.92. The van der Waals surface area contributed by atoms with E-state index in [1.54, 1.807) is 0 Å². The summed E-state index contributed by atoms with van der Waals surface area (Å²) < 4.78 is 6.11. The Morgan fingerprint density at radius 1 is 1.00 bits per heavy atom. The molecule has 2 nitrogen and oxygen atoms in total. The van der Waals surface area contributed by atoms with E-state index in [-0.39, 0.29) is 6.10 Å². The van der Waals surface area contributed by atoms with Gasteiger partial charge in [0.15, 0.2) is 0 Å². The lowest BCUT2D eigenvalue weighted by Crippen LogP contribution is -2.21. The minimum atomic E-state index is 0.152. The third-order valence-corrected chi connectivity index (χ3v) is 3.60. The van der Waals surface area contributed by atoms with E-state index in [1.165, 1.54) is 16.7 Å². The molecule has 98 valence electrons. The average Bonchev–Trinajstić information content (AvgIpc) is 2.68. The molecule has 0 saturated heterocycles. The van der Waals surface area contributed by atoms with E-state index in [0.29, 0.717) is 6.61 Å². The van der Waals surface area contributed by atoms with Gasteiger partial charge in [-0.15, -0.1) is 0 Å². The van der Waals surface area contributed by atoms with Gasteiger partial charge in [0.05, 0.1) is 12.7 Å². The van der Waals surface area contributed by atoms with Crippen LogP contribution in [-0.4, -0.2) is 13.1 Å². The monoisotopic (exact) mass is 253 g/mol. The van der Waals surface area contributed by atoms with Crippen molar-refractivity contribution in [1.29, 1.82) is 0 Å².